The number of aromatic nitrogens is 4. The van der Waals surface area contributed by atoms with E-state index in [4.69, 9.17) is 9.26 Å². The van der Waals surface area contributed by atoms with Crippen molar-refractivity contribution >= 4 is 27.5 Å². The van der Waals surface area contributed by atoms with Crippen LogP contribution in [0.5, 0.6) is 0 Å². The lowest BCUT2D eigenvalue weighted by atomic mass is 10.3. The average molecular weight is 352 g/mol. The largest absolute Gasteiger partial charge is 0.453 e. The first-order valence-electron chi connectivity index (χ1n) is 7.47. The molecule has 0 aliphatic rings. The molecule has 0 unspecified atom stereocenters. The number of esters is 1. The minimum atomic E-state index is -0.587. The molecular formula is C17H12N4O3S. The van der Waals surface area contributed by atoms with Crippen LogP contribution in [0.2, 0.25) is 0 Å². The molecule has 0 N–H and O–H groups in total. The summed E-state index contributed by atoms with van der Waals surface area (Å²) in [5.74, 6) is -0.118. The summed E-state index contributed by atoms with van der Waals surface area (Å²) in [7, 11) is 0. The number of thiazole rings is 1. The van der Waals surface area contributed by atoms with Gasteiger partial charge in [0.1, 0.15) is 10.7 Å². The highest BCUT2D eigenvalue weighted by Crippen LogP contribution is 2.30. The van der Waals surface area contributed by atoms with Crippen LogP contribution >= 0.6 is 11.3 Å². The zero-order valence-corrected chi connectivity index (χ0v) is 14.0. The molecule has 0 atom stereocenters. The first kappa shape index (κ1) is 15.4. The van der Waals surface area contributed by atoms with Crippen molar-refractivity contribution in [2.45, 2.75) is 13.5 Å². The van der Waals surface area contributed by atoms with Crippen LogP contribution in [0.1, 0.15) is 21.9 Å². The summed E-state index contributed by atoms with van der Waals surface area (Å²) >= 11 is 1.45. The van der Waals surface area contributed by atoms with Crippen molar-refractivity contribution in [2.75, 3.05) is 0 Å². The van der Waals surface area contributed by atoms with E-state index in [9.17, 15) is 4.79 Å². The van der Waals surface area contributed by atoms with Gasteiger partial charge in [0.15, 0.2) is 18.1 Å². The number of hydrogen-bond donors (Lipinski definition) is 0. The maximum atomic E-state index is 12.4. The number of carbonyl (C=O) groups excluding carboxylic acids is 1. The fourth-order valence-electron chi connectivity index (χ4n) is 2.31. The Morgan fingerprint density at radius 2 is 2.08 bits per heavy atom. The van der Waals surface area contributed by atoms with E-state index in [0.29, 0.717) is 16.5 Å². The number of hydrogen-bond acceptors (Lipinski definition) is 8. The lowest BCUT2D eigenvalue weighted by Crippen LogP contribution is -2.10. The van der Waals surface area contributed by atoms with Gasteiger partial charge >= 0.3 is 5.97 Å². The van der Waals surface area contributed by atoms with E-state index in [-0.39, 0.29) is 12.3 Å². The Hall–Kier alpha value is -3.13. The van der Waals surface area contributed by atoms with Gasteiger partial charge in [-0.25, -0.2) is 19.7 Å². The Morgan fingerprint density at radius 3 is 2.88 bits per heavy atom. The molecule has 7 nitrogen and oxygen atoms in total. The van der Waals surface area contributed by atoms with Crippen molar-refractivity contribution in [3.8, 4) is 10.7 Å². The van der Waals surface area contributed by atoms with Gasteiger partial charge in [0, 0.05) is 18.5 Å². The monoisotopic (exact) mass is 352 g/mol. The third-order valence-corrected chi connectivity index (χ3v) is 4.45. The fraction of sp³-hybridized carbons (Fsp3) is 0.118. The van der Waals surface area contributed by atoms with Crippen LogP contribution < -0.4 is 0 Å². The van der Waals surface area contributed by atoms with Gasteiger partial charge in [0.2, 0.25) is 0 Å². The van der Waals surface area contributed by atoms with Crippen molar-refractivity contribution < 1.29 is 14.1 Å². The average Bonchev–Trinajstić information content (AvgIpc) is 3.25. The van der Waals surface area contributed by atoms with Crippen LogP contribution in [0, 0.1) is 6.92 Å². The van der Waals surface area contributed by atoms with Gasteiger partial charge in [-0.2, -0.15) is 0 Å². The molecule has 0 radical (unpaired) electrons. The number of nitrogens with zero attached hydrogens (tertiary/aromatic N) is 4. The van der Waals surface area contributed by atoms with Crippen molar-refractivity contribution in [1.29, 1.82) is 0 Å². The van der Waals surface area contributed by atoms with E-state index < -0.39 is 5.97 Å². The second-order valence-corrected chi connectivity index (χ2v) is 6.28. The maximum absolute atomic E-state index is 12.4. The number of carbonyl (C=O) groups is 1. The molecule has 4 aromatic rings. The highest BCUT2D eigenvalue weighted by molar-refractivity contribution is 7.21. The highest BCUT2D eigenvalue weighted by atomic mass is 32.1. The van der Waals surface area contributed by atoms with E-state index in [1.165, 1.54) is 23.7 Å². The van der Waals surface area contributed by atoms with E-state index >= 15 is 0 Å². The SMILES string of the molecule is Cc1cc(COC(=O)c2nccnc2-c2nc3ccccc3s2)on1. The topological polar surface area (TPSA) is 91.0 Å². The summed E-state index contributed by atoms with van der Waals surface area (Å²) in [6, 6.07) is 9.44. The Labute approximate surface area is 146 Å². The fourth-order valence-corrected chi connectivity index (χ4v) is 3.27. The molecule has 0 aliphatic carbocycles. The third kappa shape index (κ3) is 3.11. The molecule has 1 aromatic carbocycles. The van der Waals surface area contributed by atoms with E-state index in [0.717, 1.165) is 15.9 Å². The molecule has 3 heterocycles. The number of ether oxygens (including phenoxy) is 1. The second kappa shape index (κ2) is 6.40. The summed E-state index contributed by atoms with van der Waals surface area (Å²) in [4.78, 5) is 25.4. The van der Waals surface area contributed by atoms with E-state index in [2.05, 4.69) is 20.1 Å². The van der Waals surface area contributed by atoms with E-state index in [1.807, 2.05) is 24.3 Å². The van der Waals surface area contributed by atoms with Crippen LogP contribution in [0.3, 0.4) is 0 Å². The zero-order chi connectivity index (χ0) is 17.2. The van der Waals surface area contributed by atoms with Crippen LogP contribution in [0.4, 0.5) is 0 Å². The highest BCUT2D eigenvalue weighted by Gasteiger charge is 2.20. The smallest absolute Gasteiger partial charge is 0.359 e. The molecule has 0 spiro atoms. The molecule has 0 saturated carbocycles. The van der Waals surface area contributed by atoms with Crippen LogP contribution in [0.15, 0.2) is 47.2 Å². The molecule has 4 rings (SSSR count). The summed E-state index contributed by atoms with van der Waals surface area (Å²) in [6.45, 7) is 1.78. The minimum absolute atomic E-state index is 0.0183. The molecule has 3 aromatic heterocycles. The maximum Gasteiger partial charge on any atom is 0.359 e. The predicted molar refractivity (Wildman–Crippen MR) is 91.0 cm³/mol. The van der Waals surface area contributed by atoms with Gasteiger partial charge in [0.25, 0.3) is 0 Å². The Bertz CT molecular complexity index is 1020. The van der Waals surface area contributed by atoms with Gasteiger partial charge in [-0.1, -0.05) is 17.3 Å². The summed E-state index contributed by atoms with van der Waals surface area (Å²) < 4.78 is 11.3. The number of benzene rings is 1. The van der Waals surface area contributed by atoms with Crippen molar-refractivity contribution in [3.63, 3.8) is 0 Å². The van der Waals surface area contributed by atoms with Crippen molar-refractivity contribution in [3.05, 3.63) is 59.9 Å². The van der Waals surface area contributed by atoms with Crippen LogP contribution in [-0.2, 0) is 11.3 Å². The number of para-hydroxylation sites is 1. The number of aryl methyl sites for hydroxylation is 1. The molecule has 0 aliphatic heterocycles. The van der Waals surface area contributed by atoms with Gasteiger partial charge in [-0.3, -0.25) is 0 Å². The lowest BCUT2D eigenvalue weighted by Gasteiger charge is -2.04. The van der Waals surface area contributed by atoms with Crippen molar-refractivity contribution in [2.24, 2.45) is 0 Å². The van der Waals surface area contributed by atoms with Gasteiger partial charge in [-0.05, 0) is 19.1 Å². The molecule has 8 heteroatoms. The Kier molecular flexibility index (Phi) is 3.95. The second-order valence-electron chi connectivity index (χ2n) is 5.25. The van der Waals surface area contributed by atoms with Gasteiger partial charge < -0.3 is 9.26 Å². The summed E-state index contributed by atoms with van der Waals surface area (Å²) in [5.41, 5.74) is 2.10. The third-order valence-electron chi connectivity index (χ3n) is 3.41. The van der Waals surface area contributed by atoms with Crippen LogP contribution in [-0.4, -0.2) is 26.1 Å². The zero-order valence-electron chi connectivity index (χ0n) is 13.2. The standard InChI is InChI=1S/C17H12N4O3S/c1-10-8-11(24-21-10)9-23-17(22)15-14(18-6-7-19-15)16-20-12-4-2-3-5-13(12)25-16/h2-8H,9H2,1H3. The normalized spacial score (nSPS) is 10.9. The lowest BCUT2D eigenvalue weighted by molar-refractivity contribution is 0.0431. The first-order chi connectivity index (χ1) is 12.2. The number of fused-ring (bicyclic) bond motifs is 1. The van der Waals surface area contributed by atoms with Crippen LogP contribution in [0.25, 0.3) is 20.9 Å². The Balaban J connectivity index is 1.63. The van der Waals surface area contributed by atoms with Crippen molar-refractivity contribution in [1.82, 2.24) is 20.1 Å². The molecule has 0 fully saturated rings. The molecular weight excluding hydrogens is 340 g/mol. The minimum Gasteiger partial charge on any atom is -0.453 e. The van der Waals surface area contributed by atoms with Gasteiger partial charge in [0.05, 0.1) is 15.9 Å². The summed E-state index contributed by atoms with van der Waals surface area (Å²) in [6.07, 6.45) is 2.98. The summed E-state index contributed by atoms with van der Waals surface area (Å²) in [5, 5.41) is 4.38. The Morgan fingerprint density at radius 1 is 1.24 bits per heavy atom. The molecule has 0 saturated heterocycles. The molecule has 25 heavy (non-hydrogen) atoms. The predicted octanol–water partition coefficient (Wildman–Crippen LogP) is 3.41. The molecule has 0 amide bonds. The molecule has 0 bridgehead atoms. The van der Waals surface area contributed by atoms with E-state index in [1.54, 1.807) is 13.0 Å². The quantitative estimate of drug-likeness (QED) is 0.520. The number of rotatable bonds is 4. The first-order valence-corrected chi connectivity index (χ1v) is 8.28. The molecule has 124 valence electrons. The van der Waals surface area contributed by atoms with Gasteiger partial charge in [-0.15, -0.1) is 11.3 Å².